The molecule has 0 unspecified atom stereocenters. The third-order valence-corrected chi connectivity index (χ3v) is 1.74. The van der Waals surface area contributed by atoms with Gasteiger partial charge in [-0.3, -0.25) is 10.3 Å². The van der Waals surface area contributed by atoms with E-state index in [2.05, 4.69) is 20.6 Å². The number of amides is 2. The summed E-state index contributed by atoms with van der Waals surface area (Å²) in [7, 11) is 1.50. The fourth-order valence-corrected chi connectivity index (χ4v) is 0.976. The zero-order valence-electron chi connectivity index (χ0n) is 8.05. The van der Waals surface area contributed by atoms with Gasteiger partial charge in [0.05, 0.1) is 0 Å². The highest BCUT2D eigenvalue weighted by Crippen LogP contribution is 2.08. The normalized spacial score (nSPS) is 9.57. The van der Waals surface area contributed by atoms with E-state index in [1.807, 2.05) is 6.92 Å². The maximum Gasteiger partial charge on any atom is 0.346 e. The molecule has 6 heteroatoms. The van der Waals surface area contributed by atoms with Crippen molar-refractivity contribution in [1.82, 2.24) is 15.3 Å². The number of rotatable bonds is 2. The van der Waals surface area contributed by atoms with Gasteiger partial charge in [0, 0.05) is 18.8 Å². The van der Waals surface area contributed by atoms with Gasteiger partial charge in [-0.2, -0.15) is 0 Å². The SMILES string of the molecule is CCc1cnc(=O)[nH]c1NC(=O)NC. The molecule has 0 fully saturated rings. The second-order valence-electron chi connectivity index (χ2n) is 2.65. The van der Waals surface area contributed by atoms with Gasteiger partial charge in [0.15, 0.2) is 0 Å². The van der Waals surface area contributed by atoms with E-state index in [-0.39, 0.29) is 6.03 Å². The number of anilines is 1. The number of nitrogens with one attached hydrogen (secondary N) is 3. The van der Waals surface area contributed by atoms with E-state index in [9.17, 15) is 9.59 Å². The number of hydrogen-bond acceptors (Lipinski definition) is 3. The first-order valence-corrected chi connectivity index (χ1v) is 4.24. The quantitative estimate of drug-likeness (QED) is 0.626. The average Bonchev–Trinajstić information content (AvgIpc) is 2.18. The van der Waals surface area contributed by atoms with Crippen LogP contribution >= 0.6 is 0 Å². The first-order chi connectivity index (χ1) is 6.67. The molecule has 1 aromatic heterocycles. The van der Waals surface area contributed by atoms with Crippen molar-refractivity contribution in [2.24, 2.45) is 0 Å². The van der Waals surface area contributed by atoms with Gasteiger partial charge in [0.2, 0.25) is 0 Å². The van der Waals surface area contributed by atoms with E-state index < -0.39 is 5.69 Å². The van der Waals surface area contributed by atoms with Gasteiger partial charge in [-0.15, -0.1) is 0 Å². The van der Waals surface area contributed by atoms with Crippen LogP contribution in [0.15, 0.2) is 11.0 Å². The summed E-state index contributed by atoms with van der Waals surface area (Å²) in [6, 6.07) is -0.374. The molecule has 0 spiro atoms. The Bertz CT molecular complexity index is 385. The molecule has 3 N–H and O–H groups in total. The van der Waals surface area contributed by atoms with Gasteiger partial charge in [-0.05, 0) is 6.42 Å². The summed E-state index contributed by atoms with van der Waals surface area (Å²) in [5, 5.41) is 4.90. The predicted octanol–water partition coefficient (Wildman–Crippen LogP) is 0.0836. The zero-order valence-corrected chi connectivity index (χ0v) is 8.05. The Morgan fingerprint density at radius 1 is 1.64 bits per heavy atom. The van der Waals surface area contributed by atoms with Gasteiger partial charge in [-0.25, -0.2) is 14.6 Å². The van der Waals surface area contributed by atoms with Crippen molar-refractivity contribution < 1.29 is 4.79 Å². The Morgan fingerprint density at radius 3 is 2.93 bits per heavy atom. The highest BCUT2D eigenvalue weighted by Gasteiger charge is 2.05. The van der Waals surface area contributed by atoms with E-state index >= 15 is 0 Å². The Morgan fingerprint density at radius 2 is 2.36 bits per heavy atom. The number of urea groups is 1. The molecule has 0 aromatic carbocycles. The van der Waals surface area contributed by atoms with Crippen LogP contribution in [0.25, 0.3) is 0 Å². The van der Waals surface area contributed by atoms with Crippen molar-refractivity contribution in [2.75, 3.05) is 12.4 Å². The maximum absolute atomic E-state index is 11.0. The monoisotopic (exact) mass is 196 g/mol. The molecule has 76 valence electrons. The van der Waals surface area contributed by atoms with Crippen LogP contribution in [0.5, 0.6) is 0 Å². The minimum Gasteiger partial charge on any atom is -0.341 e. The molecule has 0 aliphatic heterocycles. The largest absolute Gasteiger partial charge is 0.346 e. The van der Waals surface area contributed by atoms with Crippen molar-refractivity contribution in [3.63, 3.8) is 0 Å². The van der Waals surface area contributed by atoms with Crippen molar-refractivity contribution in [3.05, 3.63) is 22.2 Å². The number of aromatic nitrogens is 2. The number of H-pyrrole nitrogens is 1. The van der Waals surface area contributed by atoms with Crippen molar-refractivity contribution >= 4 is 11.8 Å². The third kappa shape index (κ3) is 2.32. The summed E-state index contributed by atoms with van der Waals surface area (Å²) in [5.41, 5.74) is 0.307. The molecule has 1 rings (SSSR count). The number of nitrogens with zero attached hydrogens (tertiary/aromatic N) is 1. The van der Waals surface area contributed by atoms with Gasteiger partial charge in [-0.1, -0.05) is 6.92 Å². The highest BCUT2D eigenvalue weighted by atomic mass is 16.2. The van der Waals surface area contributed by atoms with Crippen LogP contribution < -0.4 is 16.3 Å². The fraction of sp³-hybridized carbons (Fsp3) is 0.375. The molecule has 6 nitrogen and oxygen atoms in total. The molecule has 0 radical (unpaired) electrons. The summed E-state index contributed by atoms with van der Waals surface area (Å²) in [6.07, 6.45) is 2.13. The van der Waals surface area contributed by atoms with E-state index in [0.717, 1.165) is 5.56 Å². The lowest BCUT2D eigenvalue weighted by molar-refractivity contribution is 0.254. The van der Waals surface area contributed by atoms with Crippen LogP contribution in [0.3, 0.4) is 0 Å². The molecule has 1 heterocycles. The lowest BCUT2D eigenvalue weighted by Crippen LogP contribution is -2.27. The molecule has 0 aliphatic carbocycles. The Hall–Kier alpha value is -1.85. The number of carbonyl (C=O) groups excluding carboxylic acids is 1. The first-order valence-electron chi connectivity index (χ1n) is 4.24. The lowest BCUT2D eigenvalue weighted by Gasteiger charge is -2.07. The Balaban J connectivity index is 2.99. The highest BCUT2D eigenvalue weighted by molar-refractivity contribution is 5.88. The first kappa shape index (κ1) is 10.2. The Kier molecular flexibility index (Phi) is 3.22. The maximum atomic E-state index is 11.0. The summed E-state index contributed by atoms with van der Waals surface area (Å²) in [4.78, 5) is 27.9. The van der Waals surface area contributed by atoms with Crippen LogP contribution in [-0.4, -0.2) is 23.0 Å². The minimum absolute atomic E-state index is 0.374. The third-order valence-electron chi connectivity index (χ3n) is 1.74. The molecule has 1 aromatic rings. The zero-order chi connectivity index (χ0) is 10.6. The van der Waals surface area contributed by atoms with Crippen LogP contribution in [-0.2, 0) is 6.42 Å². The number of hydrogen-bond donors (Lipinski definition) is 3. The minimum atomic E-state index is -0.478. The molecule has 0 atom stereocenters. The van der Waals surface area contributed by atoms with Crippen LogP contribution in [0.1, 0.15) is 12.5 Å². The van der Waals surface area contributed by atoms with Crippen molar-refractivity contribution in [3.8, 4) is 0 Å². The molecule has 0 bridgehead atoms. The summed E-state index contributed by atoms with van der Waals surface area (Å²) in [6.45, 7) is 1.91. The number of carbonyl (C=O) groups is 1. The molecular weight excluding hydrogens is 184 g/mol. The summed E-state index contributed by atoms with van der Waals surface area (Å²) >= 11 is 0. The van der Waals surface area contributed by atoms with Crippen LogP contribution in [0.2, 0.25) is 0 Å². The second-order valence-corrected chi connectivity index (χ2v) is 2.65. The summed E-state index contributed by atoms with van der Waals surface area (Å²) < 4.78 is 0. The molecule has 2 amide bonds. The Labute approximate surface area is 80.8 Å². The molecule has 0 saturated heterocycles. The fourth-order valence-electron chi connectivity index (χ4n) is 0.976. The standard InChI is InChI=1S/C8H12N4O2/c1-3-5-4-10-8(14)12-6(5)11-7(13)9-2/h4H,3H2,1-2H3,(H3,9,10,11,12,13,14). The number of aryl methyl sites for hydroxylation is 1. The average molecular weight is 196 g/mol. The topological polar surface area (TPSA) is 86.9 Å². The van der Waals surface area contributed by atoms with Gasteiger partial charge in [0.1, 0.15) is 5.82 Å². The lowest BCUT2D eigenvalue weighted by atomic mass is 10.2. The van der Waals surface area contributed by atoms with E-state index in [1.54, 1.807) is 0 Å². The number of aromatic amines is 1. The molecule has 0 saturated carbocycles. The van der Waals surface area contributed by atoms with Gasteiger partial charge in [0.25, 0.3) is 0 Å². The molecular formula is C8H12N4O2. The van der Waals surface area contributed by atoms with E-state index in [1.165, 1.54) is 13.2 Å². The second kappa shape index (κ2) is 4.40. The predicted molar refractivity (Wildman–Crippen MR) is 52.3 cm³/mol. The van der Waals surface area contributed by atoms with E-state index in [0.29, 0.717) is 12.2 Å². The molecule has 14 heavy (non-hydrogen) atoms. The van der Waals surface area contributed by atoms with Gasteiger partial charge >= 0.3 is 11.7 Å². The summed E-state index contributed by atoms with van der Waals surface area (Å²) in [5.74, 6) is 0.395. The van der Waals surface area contributed by atoms with Crippen LogP contribution in [0.4, 0.5) is 10.6 Å². The van der Waals surface area contributed by atoms with Crippen molar-refractivity contribution in [2.45, 2.75) is 13.3 Å². The van der Waals surface area contributed by atoms with Gasteiger partial charge < -0.3 is 5.32 Å². The molecule has 0 aliphatic rings. The van der Waals surface area contributed by atoms with E-state index in [4.69, 9.17) is 0 Å². The van der Waals surface area contributed by atoms with Crippen molar-refractivity contribution in [1.29, 1.82) is 0 Å². The van der Waals surface area contributed by atoms with Crippen LogP contribution in [0, 0.1) is 0 Å². The smallest absolute Gasteiger partial charge is 0.341 e.